The van der Waals surface area contributed by atoms with Crippen LogP contribution in [0.5, 0.6) is 0 Å². The quantitative estimate of drug-likeness (QED) is 0.516. The molecule has 150 valence electrons. The summed E-state index contributed by atoms with van der Waals surface area (Å²) in [7, 11) is 1.95. The summed E-state index contributed by atoms with van der Waals surface area (Å²) < 4.78 is 17.2. The molecule has 0 saturated carbocycles. The van der Waals surface area contributed by atoms with Gasteiger partial charge in [-0.2, -0.15) is 11.8 Å². The number of carbonyl (C=O) groups excluding carboxylic acids is 2. The minimum Gasteiger partial charge on any atom is -0.461 e. The Kier molecular flexibility index (Phi) is 5.97. The third kappa shape index (κ3) is 4.36. The zero-order valence-electron chi connectivity index (χ0n) is 16.3. The summed E-state index contributed by atoms with van der Waals surface area (Å²) in [6, 6.07) is 19.0. The average Bonchev–Trinajstić information content (AvgIpc) is 3.23. The Bertz CT molecular complexity index is 862. The maximum Gasteiger partial charge on any atom is 0.313 e. The smallest absolute Gasteiger partial charge is 0.313 e. The largest absolute Gasteiger partial charge is 0.461 e. The predicted octanol–water partition coefficient (Wildman–Crippen LogP) is 2.32. The Morgan fingerprint density at radius 2 is 1.59 bits per heavy atom. The van der Waals surface area contributed by atoms with Crippen LogP contribution in [0.2, 0.25) is 0 Å². The lowest BCUT2D eigenvalue weighted by atomic mass is 9.83. The van der Waals surface area contributed by atoms with Crippen LogP contribution in [0.1, 0.15) is 17.5 Å². The number of benzene rings is 2. The first-order valence-corrected chi connectivity index (χ1v) is 10.8. The fourth-order valence-electron chi connectivity index (χ4n) is 4.08. The molecule has 0 aromatic heterocycles. The van der Waals surface area contributed by atoms with E-state index in [4.69, 9.17) is 14.2 Å². The Morgan fingerprint density at radius 3 is 2.17 bits per heavy atom. The van der Waals surface area contributed by atoms with E-state index in [2.05, 4.69) is 0 Å². The van der Waals surface area contributed by atoms with Gasteiger partial charge in [0.15, 0.2) is 0 Å². The Labute approximate surface area is 175 Å². The second kappa shape index (κ2) is 8.63. The molecule has 0 amide bonds. The first-order chi connectivity index (χ1) is 14.1. The average molecular weight is 410 g/mol. The van der Waals surface area contributed by atoms with Gasteiger partial charge in [-0.15, -0.1) is 0 Å². The standard InChI is InChI=1S/C22H23BO5S/c23-20-19-18(21(25)27-13-16-9-5-2-6-10-16)22(28-20,14-29-19)11-17(24)26-12-15-7-3-1-4-8-15/h1-10,18-20H,11-14,23H2/t18?,19?,20-,22+/m1/s1. The lowest BCUT2D eigenvalue weighted by Gasteiger charge is -2.30. The highest BCUT2D eigenvalue weighted by molar-refractivity contribution is 8.00. The molecule has 2 unspecified atom stereocenters. The van der Waals surface area contributed by atoms with Crippen LogP contribution in [0.15, 0.2) is 60.7 Å². The molecule has 0 N–H and O–H groups in total. The number of hydrogen-bond acceptors (Lipinski definition) is 6. The molecule has 7 heteroatoms. The molecule has 2 aromatic carbocycles. The molecule has 2 heterocycles. The van der Waals surface area contributed by atoms with Crippen LogP contribution in [0.4, 0.5) is 0 Å². The summed E-state index contributed by atoms with van der Waals surface area (Å²) >= 11 is 1.68. The van der Waals surface area contributed by atoms with Crippen LogP contribution in [0.3, 0.4) is 0 Å². The van der Waals surface area contributed by atoms with E-state index in [1.54, 1.807) is 11.8 Å². The summed E-state index contributed by atoms with van der Waals surface area (Å²) in [6.45, 7) is 0.432. The molecule has 0 aliphatic carbocycles. The normalized spacial score (nSPS) is 27.5. The molecule has 2 fully saturated rings. The number of fused-ring (bicyclic) bond motifs is 2. The summed E-state index contributed by atoms with van der Waals surface area (Å²) in [5.41, 5.74) is 1.01. The molecule has 2 aliphatic heterocycles. The summed E-state index contributed by atoms with van der Waals surface area (Å²) in [5, 5.41) is 0.000182. The zero-order chi connectivity index (χ0) is 20.3. The highest BCUT2D eigenvalue weighted by Gasteiger charge is 2.63. The van der Waals surface area contributed by atoms with Gasteiger partial charge in [-0.1, -0.05) is 60.7 Å². The highest BCUT2D eigenvalue weighted by atomic mass is 32.2. The van der Waals surface area contributed by atoms with Crippen molar-refractivity contribution in [3.8, 4) is 0 Å². The number of carbonyl (C=O) groups is 2. The van der Waals surface area contributed by atoms with Crippen LogP contribution in [-0.2, 0) is 37.0 Å². The van der Waals surface area contributed by atoms with Crippen LogP contribution >= 0.6 is 11.8 Å². The van der Waals surface area contributed by atoms with E-state index in [0.29, 0.717) is 5.75 Å². The minimum absolute atomic E-state index is 0.000182. The minimum atomic E-state index is -0.851. The Morgan fingerprint density at radius 1 is 1.00 bits per heavy atom. The number of esters is 2. The van der Waals surface area contributed by atoms with Gasteiger partial charge >= 0.3 is 11.9 Å². The molecule has 29 heavy (non-hydrogen) atoms. The van der Waals surface area contributed by atoms with Crippen LogP contribution in [0.25, 0.3) is 0 Å². The monoisotopic (exact) mass is 410 g/mol. The van der Waals surface area contributed by atoms with Gasteiger partial charge in [-0.25, -0.2) is 0 Å². The fraction of sp³-hybridized carbons (Fsp3) is 0.364. The SMILES string of the molecule is B[C@@H]1O[C@@]2(CC(=O)OCc3ccccc3)CSC1C2C(=O)OCc1ccccc1. The third-order valence-electron chi connectivity index (χ3n) is 5.46. The van der Waals surface area contributed by atoms with E-state index < -0.39 is 11.5 Å². The first-order valence-electron chi connectivity index (χ1n) is 9.77. The van der Waals surface area contributed by atoms with E-state index in [-0.39, 0.29) is 42.8 Å². The van der Waals surface area contributed by atoms with E-state index in [1.807, 2.05) is 68.5 Å². The van der Waals surface area contributed by atoms with Gasteiger partial charge in [0, 0.05) is 17.0 Å². The Balaban J connectivity index is 1.40. The number of hydrogen-bond donors (Lipinski definition) is 0. The summed E-state index contributed by atoms with van der Waals surface area (Å²) in [6.07, 6.45) is 0.0543. The molecule has 2 aliphatic rings. The topological polar surface area (TPSA) is 61.8 Å². The highest BCUT2D eigenvalue weighted by Crippen LogP contribution is 2.53. The molecular formula is C22H23BO5S. The molecule has 4 atom stereocenters. The van der Waals surface area contributed by atoms with Crippen molar-refractivity contribution in [3.63, 3.8) is 0 Å². The lowest BCUT2D eigenvalue weighted by Crippen LogP contribution is -2.43. The van der Waals surface area contributed by atoms with Crippen molar-refractivity contribution in [3.05, 3.63) is 71.8 Å². The molecular weight excluding hydrogens is 387 g/mol. The molecule has 2 bridgehead atoms. The molecule has 2 saturated heterocycles. The molecule has 5 nitrogen and oxygen atoms in total. The van der Waals surface area contributed by atoms with Crippen molar-refractivity contribution in [2.45, 2.75) is 36.5 Å². The van der Waals surface area contributed by atoms with Gasteiger partial charge in [0.2, 0.25) is 0 Å². The number of ether oxygens (including phenoxy) is 3. The first kappa shape index (κ1) is 20.0. The van der Waals surface area contributed by atoms with Gasteiger partial charge in [-0.05, 0) is 11.1 Å². The third-order valence-corrected chi connectivity index (χ3v) is 7.16. The zero-order valence-corrected chi connectivity index (χ0v) is 17.1. The van der Waals surface area contributed by atoms with Gasteiger partial charge in [-0.3, -0.25) is 9.59 Å². The van der Waals surface area contributed by atoms with E-state index >= 15 is 0 Å². The van der Waals surface area contributed by atoms with Gasteiger partial charge in [0.25, 0.3) is 0 Å². The number of rotatable bonds is 7. The number of thioether (sulfide) groups is 1. The van der Waals surface area contributed by atoms with Crippen LogP contribution in [-0.4, -0.2) is 42.4 Å². The summed E-state index contributed by atoms with van der Waals surface area (Å²) in [4.78, 5) is 25.5. The van der Waals surface area contributed by atoms with Crippen molar-refractivity contribution < 1.29 is 23.8 Å². The van der Waals surface area contributed by atoms with Crippen molar-refractivity contribution >= 4 is 31.5 Å². The second-order valence-corrected chi connectivity index (χ2v) is 8.72. The molecule has 2 aromatic rings. The second-order valence-electron chi connectivity index (χ2n) is 7.56. The molecule has 0 spiro atoms. The molecule has 0 radical (unpaired) electrons. The van der Waals surface area contributed by atoms with E-state index in [9.17, 15) is 9.59 Å². The van der Waals surface area contributed by atoms with Crippen LogP contribution < -0.4 is 0 Å². The van der Waals surface area contributed by atoms with E-state index in [1.165, 1.54) is 0 Å². The van der Waals surface area contributed by atoms with Crippen molar-refractivity contribution in [2.24, 2.45) is 5.92 Å². The van der Waals surface area contributed by atoms with Crippen molar-refractivity contribution in [2.75, 3.05) is 5.75 Å². The van der Waals surface area contributed by atoms with Gasteiger partial charge in [0.05, 0.1) is 6.42 Å². The van der Waals surface area contributed by atoms with Crippen LogP contribution in [0, 0.1) is 5.92 Å². The fourth-order valence-corrected chi connectivity index (χ4v) is 5.78. The van der Waals surface area contributed by atoms with E-state index in [0.717, 1.165) is 11.1 Å². The maximum absolute atomic E-state index is 12.9. The van der Waals surface area contributed by atoms with Crippen molar-refractivity contribution in [1.29, 1.82) is 0 Å². The predicted molar refractivity (Wildman–Crippen MR) is 113 cm³/mol. The lowest BCUT2D eigenvalue weighted by molar-refractivity contribution is -0.160. The van der Waals surface area contributed by atoms with Gasteiger partial charge in [0.1, 0.15) is 32.6 Å². The Hall–Kier alpha value is -2.25. The van der Waals surface area contributed by atoms with Crippen molar-refractivity contribution in [1.82, 2.24) is 0 Å². The molecule has 4 rings (SSSR count). The maximum atomic E-state index is 12.9. The van der Waals surface area contributed by atoms with Gasteiger partial charge < -0.3 is 14.2 Å². The summed E-state index contributed by atoms with van der Waals surface area (Å²) in [5.74, 6) is -0.530.